The summed E-state index contributed by atoms with van der Waals surface area (Å²) in [6, 6.07) is 7.65. The fourth-order valence-electron chi connectivity index (χ4n) is 5.81. The number of carbonyl (C=O) groups is 2. The first-order valence-electron chi connectivity index (χ1n) is 14.3. The van der Waals surface area contributed by atoms with Crippen molar-refractivity contribution in [3.8, 4) is 17.1 Å². The Balaban J connectivity index is 1.24. The predicted molar refractivity (Wildman–Crippen MR) is 165 cm³/mol. The highest BCUT2D eigenvalue weighted by Gasteiger charge is 2.46. The fraction of sp³-hybridized carbons (Fsp3) is 0.290. The van der Waals surface area contributed by atoms with E-state index in [9.17, 15) is 26.8 Å². The number of ketones is 1. The van der Waals surface area contributed by atoms with Gasteiger partial charge in [0.25, 0.3) is 10.0 Å². The van der Waals surface area contributed by atoms with Gasteiger partial charge in [0.15, 0.2) is 16.5 Å². The van der Waals surface area contributed by atoms with Crippen molar-refractivity contribution in [2.24, 2.45) is 5.41 Å². The second-order valence-corrected chi connectivity index (χ2v) is 12.9. The maximum Gasteiger partial charge on any atom is 0.267 e. The van der Waals surface area contributed by atoms with E-state index in [1.807, 2.05) is 0 Å². The monoisotopic (exact) mass is 649 g/mol. The van der Waals surface area contributed by atoms with Crippen LogP contribution in [-0.4, -0.2) is 78.2 Å². The first-order valence-corrected chi connectivity index (χ1v) is 15.8. The quantitative estimate of drug-likeness (QED) is 0.280. The van der Waals surface area contributed by atoms with Gasteiger partial charge in [0.1, 0.15) is 29.2 Å². The average molecular weight is 650 g/mol. The number of piperidine rings is 1. The Kier molecular flexibility index (Phi) is 8.10. The van der Waals surface area contributed by atoms with Gasteiger partial charge >= 0.3 is 0 Å². The van der Waals surface area contributed by atoms with Gasteiger partial charge in [-0.25, -0.2) is 37.1 Å². The summed E-state index contributed by atoms with van der Waals surface area (Å²) in [5.74, 6) is -2.29. The maximum absolute atomic E-state index is 14.3. The topological polar surface area (TPSA) is 148 Å². The highest BCUT2D eigenvalue weighted by atomic mass is 32.2. The molecule has 0 atom stereocenters. The Morgan fingerprint density at radius 3 is 2.41 bits per heavy atom. The lowest BCUT2D eigenvalue weighted by Gasteiger charge is -2.53. The molecule has 0 bridgehead atoms. The number of fused-ring (bicyclic) bond motifs is 1. The lowest BCUT2D eigenvalue weighted by atomic mass is 9.72. The Morgan fingerprint density at radius 1 is 1.02 bits per heavy atom. The van der Waals surface area contributed by atoms with Crippen LogP contribution in [0.4, 0.5) is 20.3 Å². The number of nitrogens with one attached hydrogen (secondary N) is 1. The smallest absolute Gasteiger partial charge is 0.267 e. The molecule has 4 aromatic rings. The van der Waals surface area contributed by atoms with Gasteiger partial charge in [0.2, 0.25) is 11.8 Å². The highest BCUT2D eigenvalue weighted by molar-refractivity contribution is 7.92. The van der Waals surface area contributed by atoms with Crippen molar-refractivity contribution in [1.29, 1.82) is 0 Å². The molecule has 0 saturated carbocycles. The van der Waals surface area contributed by atoms with E-state index < -0.39 is 26.6 Å². The van der Waals surface area contributed by atoms with Crippen LogP contribution in [0.3, 0.4) is 0 Å². The summed E-state index contributed by atoms with van der Waals surface area (Å²) in [7, 11) is -3.40. The Hall–Kier alpha value is -5.05. The summed E-state index contributed by atoms with van der Waals surface area (Å²) in [5.41, 5.74) is 1.84. The molecule has 15 heteroatoms. The van der Waals surface area contributed by atoms with Crippen molar-refractivity contribution in [3.63, 3.8) is 0 Å². The van der Waals surface area contributed by atoms with Gasteiger partial charge < -0.3 is 14.5 Å². The van der Waals surface area contributed by atoms with E-state index in [4.69, 9.17) is 9.72 Å². The van der Waals surface area contributed by atoms with E-state index in [0.717, 1.165) is 31.0 Å². The third-order valence-electron chi connectivity index (χ3n) is 8.18. The molecule has 12 nitrogen and oxygen atoms in total. The molecule has 0 radical (unpaired) electrons. The summed E-state index contributed by atoms with van der Waals surface area (Å²) in [6.45, 7) is 4.04. The van der Waals surface area contributed by atoms with Crippen molar-refractivity contribution in [1.82, 2.24) is 24.8 Å². The van der Waals surface area contributed by atoms with Crippen molar-refractivity contribution in [3.05, 3.63) is 72.7 Å². The van der Waals surface area contributed by atoms with Crippen LogP contribution >= 0.6 is 0 Å². The SMILES string of the molecule is COc1ncc(-c2ccc3ncnc(N4CCC5(CC4)CN(C(=O)/C=C/C(C)=O)C5)c3n2)cc1NS(=O)(=O)c1c(F)cccc1F. The standard InChI is InChI=1S/C31H29F2N7O5S/c1-19(41)6-9-26(42)40-16-31(17-40)10-12-39(13-11-31)29-27-24(35-18-36-29)8-7-23(37-27)20-14-25(30(45-2)34-15-20)38-46(43,44)28-21(32)4-3-5-22(28)33/h3-9,14-15,18,38H,10-13,16-17H2,1-2H3/b9-6+. The number of rotatable bonds is 8. The van der Waals surface area contributed by atoms with Crippen molar-refractivity contribution in [2.45, 2.75) is 24.7 Å². The normalized spacial score (nSPS) is 16.1. The summed E-state index contributed by atoms with van der Waals surface area (Å²) in [5, 5.41) is 0. The third kappa shape index (κ3) is 5.97. The van der Waals surface area contributed by atoms with E-state index in [0.29, 0.717) is 54.3 Å². The number of benzene rings is 1. The molecule has 2 saturated heterocycles. The molecule has 238 valence electrons. The van der Waals surface area contributed by atoms with Crippen LogP contribution in [0, 0.1) is 17.0 Å². The number of sulfonamides is 1. The van der Waals surface area contributed by atoms with E-state index in [1.54, 1.807) is 17.0 Å². The number of anilines is 2. The second kappa shape index (κ2) is 12.0. The third-order valence-corrected chi connectivity index (χ3v) is 9.60. The molecule has 2 fully saturated rings. The molecular weight excluding hydrogens is 620 g/mol. The predicted octanol–water partition coefficient (Wildman–Crippen LogP) is 3.75. The molecular formula is C31H29F2N7O5S. The zero-order valence-corrected chi connectivity index (χ0v) is 25.7. The zero-order valence-electron chi connectivity index (χ0n) is 24.9. The minimum Gasteiger partial charge on any atom is -0.480 e. The largest absolute Gasteiger partial charge is 0.480 e. The van der Waals surface area contributed by atoms with E-state index in [2.05, 4.69) is 24.6 Å². The number of amides is 1. The average Bonchev–Trinajstić information content (AvgIpc) is 3.01. The van der Waals surface area contributed by atoms with Gasteiger partial charge in [-0.15, -0.1) is 0 Å². The van der Waals surface area contributed by atoms with Crippen LogP contribution in [0.15, 0.2) is 66.0 Å². The van der Waals surface area contributed by atoms with E-state index in [-0.39, 0.29) is 28.7 Å². The van der Waals surface area contributed by atoms with Crippen molar-refractivity contribution in [2.75, 3.05) is 42.9 Å². The number of carbonyl (C=O) groups excluding carboxylic acids is 2. The number of likely N-dealkylation sites (tertiary alicyclic amines) is 1. The van der Waals surface area contributed by atoms with E-state index in [1.165, 1.54) is 44.8 Å². The highest BCUT2D eigenvalue weighted by Crippen LogP contribution is 2.42. The van der Waals surface area contributed by atoms with Crippen LogP contribution in [0.5, 0.6) is 5.88 Å². The number of hydrogen-bond acceptors (Lipinski definition) is 10. The fourth-order valence-corrected chi connectivity index (χ4v) is 6.99. The summed E-state index contributed by atoms with van der Waals surface area (Å²) < 4.78 is 62.0. The maximum atomic E-state index is 14.3. The minimum atomic E-state index is -4.69. The lowest BCUT2D eigenvalue weighted by molar-refractivity contribution is -0.139. The van der Waals surface area contributed by atoms with Gasteiger partial charge in [0.05, 0.1) is 18.3 Å². The van der Waals surface area contributed by atoms with Crippen molar-refractivity contribution < 1.29 is 31.5 Å². The molecule has 1 spiro atoms. The number of nitrogens with zero attached hydrogens (tertiary/aromatic N) is 6. The number of halogens is 2. The zero-order chi connectivity index (χ0) is 32.6. The molecule has 0 aliphatic carbocycles. The molecule has 6 rings (SSSR count). The van der Waals surface area contributed by atoms with Crippen molar-refractivity contribution >= 4 is 44.3 Å². The molecule has 1 amide bonds. The first kappa shape index (κ1) is 31.0. The van der Waals surface area contributed by atoms with Gasteiger partial charge in [-0.2, -0.15) is 0 Å². The van der Waals surface area contributed by atoms with Crippen LogP contribution in [0.2, 0.25) is 0 Å². The number of hydrogen-bond donors (Lipinski definition) is 1. The van der Waals surface area contributed by atoms with Gasteiger partial charge in [-0.05, 0) is 56.2 Å². The Morgan fingerprint density at radius 2 is 1.74 bits per heavy atom. The first-order chi connectivity index (χ1) is 22.0. The molecule has 5 heterocycles. The molecule has 1 N–H and O–H groups in total. The van der Waals surface area contributed by atoms with Crippen LogP contribution in [0.25, 0.3) is 22.3 Å². The van der Waals surface area contributed by atoms with Crippen LogP contribution < -0.4 is 14.4 Å². The summed E-state index contributed by atoms with van der Waals surface area (Å²) >= 11 is 0. The molecule has 46 heavy (non-hydrogen) atoms. The molecule has 3 aromatic heterocycles. The minimum absolute atomic E-state index is 0.0156. The number of ether oxygens (including phenoxy) is 1. The number of pyridine rings is 2. The molecule has 2 aliphatic rings. The summed E-state index contributed by atoms with van der Waals surface area (Å²) in [6.07, 6.45) is 7.20. The van der Waals surface area contributed by atoms with Gasteiger partial charge in [-0.3, -0.25) is 14.3 Å². The van der Waals surface area contributed by atoms with Crippen LogP contribution in [0.1, 0.15) is 19.8 Å². The number of aromatic nitrogens is 4. The Bertz CT molecular complexity index is 1970. The summed E-state index contributed by atoms with van der Waals surface area (Å²) in [4.78, 5) is 44.1. The van der Waals surface area contributed by atoms with E-state index >= 15 is 0 Å². The molecule has 2 aliphatic heterocycles. The number of methoxy groups -OCH3 is 1. The molecule has 0 unspecified atom stereocenters. The van der Waals surface area contributed by atoms with Crippen LogP contribution in [-0.2, 0) is 19.6 Å². The molecule has 1 aromatic carbocycles. The number of allylic oxidation sites excluding steroid dienone is 1. The van der Waals surface area contributed by atoms with Gasteiger partial charge in [0, 0.05) is 49.4 Å². The second-order valence-electron chi connectivity index (χ2n) is 11.3. The van der Waals surface area contributed by atoms with Gasteiger partial charge in [-0.1, -0.05) is 6.07 Å². The Labute approximate surface area is 263 Å². The lowest BCUT2D eigenvalue weighted by Crippen LogP contribution is -2.61.